The first-order chi connectivity index (χ1) is 19.4. The number of fused-ring (bicyclic) bond motifs is 1. The number of alkyl halides is 3. The summed E-state index contributed by atoms with van der Waals surface area (Å²) in [5.41, 5.74) is 0.896. The van der Waals surface area contributed by atoms with Crippen LogP contribution in [-0.4, -0.2) is 33.7 Å². The number of halogens is 4. The number of amides is 1. The van der Waals surface area contributed by atoms with Crippen molar-refractivity contribution in [3.63, 3.8) is 0 Å². The van der Waals surface area contributed by atoms with Crippen molar-refractivity contribution in [3.8, 4) is 5.75 Å². The summed E-state index contributed by atoms with van der Waals surface area (Å²) in [5, 5.41) is 27.1. The Morgan fingerprint density at radius 1 is 1.00 bits per heavy atom. The van der Waals surface area contributed by atoms with Gasteiger partial charge in [-0.05, 0) is 60.4 Å². The van der Waals surface area contributed by atoms with Crippen LogP contribution in [0.25, 0.3) is 10.9 Å². The molecule has 0 aliphatic rings. The second-order valence-electron chi connectivity index (χ2n) is 9.89. The summed E-state index contributed by atoms with van der Waals surface area (Å²) in [5.74, 6) is -1.37. The van der Waals surface area contributed by atoms with Gasteiger partial charge in [0.25, 0.3) is 0 Å². The number of aromatic amines is 1. The average molecular weight is 572 g/mol. The number of nitrogens with one attached hydrogen (secondary N) is 3. The van der Waals surface area contributed by atoms with Crippen molar-refractivity contribution in [1.29, 1.82) is 0 Å². The van der Waals surface area contributed by atoms with Crippen LogP contribution < -0.4 is 16.2 Å². The molecule has 0 radical (unpaired) electrons. The standard InChI is InChI=1S/C30H29F4N3O4/c1-17(35-16-26(39)22-7-10-25(38)29-23(22)8-11-27(40)37-29)12-18-2-4-19(5-3-18)13-28(41)36-15-20-14-21(30(32,33)34)6-9-24(20)31/h2-11,14,17,26,35,38-39H,12-13,15-16H2,1H3,(H,36,41)(H,37,40)/t17?,26-/m0/s1. The molecule has 0 saturated carbocycles. The molecule has 0 aliphatic heterocycles. The molecule has 1 amide bonds. The minimum atomic E-state index is -4.61. The van der Waals surface area contributed by atoms with E-state index in [1.807, 2.05) is 19.1 Å². The Balaban J connectivity index is 1.27. The summed E-state index contributed by atoms with van der Waals surface area (Å²) in [6.45, 7) is 1.82. The number of H-pyrrole nitrogens is 1. The van der Waals surface area contributed by atoms with E-state index in [9.17, 15) is 37.4 Å². The molecule has 7 nitrogen and oxygen atoms in total. The van der Waals surface area contributed by atoms with Gasteiger partial charge >= 0.3 is 6.18 Å². The first-order valence-electron chi connectivity index (χ1n) is 12.9. The highest BCUT2D eigenvalue weighted by atomic mass is 19.4. The van der Waals surface area contributed by atoms with Gasteiger partial charge in [-0.15, -0.1) is 0 Å². The highest BCUT2D eigenvalue weighted by Gasteiger charge is 2.31. The number of phenols is 1. The molecular weight excluding hydrogens is 542 g/mol. The number of hydrogen-bond acceptors (Lipinski definition) is 5. The molecule has 1 unspecified atom stereocenters. The number of carbonyl (C=O) groups excluding carboxylic acids is 1. The monoisotopic (exact) mass is 571 g/mol. The molecule has 4 rings (SSSR count). The van der Waals surface area contributed by atoms with E-state index in [-0.39, 0.29) is 47.9 Å². The van der Waals surface area contributed by atoms with E-state index in [0.29, 0.717) is 35.1 Å². The largest absolute Gasteiger partial charge is 0.506 e. The van der Waals surface area contributed by atoms with Gasteiger partial charge in [-0.25, -0.2) is 4.39 Å². The molecule has 0 aliphatic carbocycles. The van der Waals surface area contributed by atoms with Gasteiger partial charge in [0, 0.05) is 36.1 Å². The highest BCUT2D eigenvalue weighted by Crippen LogP contribution is 2.30. The minimum Gasteiger partial charge on any atom is -0.506 e. The minimum absolute atomic E-state index is 0.0211. The Morgan fingerprint density at radius 2 is 1.71 bits per heavy atom. The van der Waals surface area contributed by atoms with Crippen molar-refractivity contribution < 1.29 is 32.6 Å². The molecule has 41 heavy (non-hydrogen) atoms. The van der Waals surface area contributed by atoms with Crippen LogP contribution >= 0.6 is 0 Å². The maximum absolute atomic E-state index is 13.9. The van der Waals surface area contributed by atoms with Crippen LogP contribution in [-0.2, 0) is 30.4 Å². The van der Waals surface area contributed by atoms with Crippen LogP contribution in [0.5, 0.6) is 5.75 Å². The van der Waals surface area contributed by atoms with Crippen molar-refractivity contribution in [2.24, 2.45) is 0 Å². The maximum Gasteiger partial charge on any atom is 0.416 e. The molecule has 0 spiro atoms. The molecule has 3 aromatic carbocycles. The molecule has 4 aromatic rings. The second-order valence-corrected chi connectivity index (χ2v) is 9.89. The van der Waals surface area contributed by atoms with Crippen LogP contribution in [0.4, 0.5) is 17.6 Å². The third-order valence-corrected chi connectivity index (χ3v) is 6.70. The smallest absolute Gasteiger partial charge is 0.416 e. The number of phenolic OH excluding ortho intramolecular Hbond substituents is 1. The summed E-state index contributed by atoms with van der Waals surface area (Å²) in [7, 11) is 0. The Kier molecular flexibility index (Phi) is 9.09. The first-order valence-corrected chi connectivity index (χ1v) is 12.9. The summed E-state index contributed by atoms with van der Waals surface area (Å²) in [4.78, 5) is 26.5. The number of carbonyl (C=O) groups is 1. The fourth-order valence-corrected chi connectivity index (χ4v) is 4.52. The number of aliphatic hydroxyl groups is 1. The molecule has 216 valence electrons. The zero-order valence-corrected chi connectivity index (χ0v) is 22.1. The number of aliphatic hydroxyl groups excluding tert-OH is 1. The van der Waals surface area contributed by atoms with Crippen molar-refractivity contribution >= 4 is 16.8 Å². The van der Waals surface area contributed by atoms with Crippen molar-refractivity contribution in [2.45, 2.75) is 44.6 Å². The molecule has 1 heterocycles. The highest BCUT2D eigenvalue weighted by molar-refractivity contribution is 5.87. The normalized spacial score (nSPS) is 13.2. The number of rotatable bonds is 10. The van der Waals surface area contributed by atoms with Gasteiger partial charge < -0.3 is 25.8 Å². The van der Waals surface area contributed by atoms with Crippen molar-refractivity contribution in [3.05, 3.63) is 111 Å². The van der Waals surface area contributed by atoms with Crippen LogP contribution in [0.1, 0.15) is 40.8 Å². The van der Waals surface area contributed by atoms with E-state index in [4.69, 9.17) is 0 Å². The predicted octanol–water partition coefficient (Wildman–Crippen LogP) is 4.50. The lowest BCUT2D eigenvalue weighted by Gasteiger charge is -2.19. The zero-order chi connectivity index (χ0) is 29.7. The number of hydrogen-bond donors (Lipinski definition) is 5. The van der Waals surface area contributed by atoms with Gasteiger partial charge in [0.05, 0.1) is 23.6 Å². The van der Waals surface area contributed by atoms with Crippen LogP contribution in [0.2, 0.25) is 0 Å². The zero-order valence-electron chi connectivity index (χ0n) is 22.1. The number of aromatic hydroxyl groups is 1. The molecule has 5 N–H and O–H groups in total. The molecule has 0 bridgehead atoms. The van der Waals surface area contributed by atoms with E-state index in [2.05, 4.69) is 15.6 Å². The Bertz CT molecular complexity index is 1590. The number of benzene rings is 3. The number of aromatic nitrogens is 1. The van der Waals surface area contributed by atoms with Gasteiger partial charge in [-0.2, -0.15) is 13.2 Å². The summed E-state index contributed by atoms with van der Waals surface area (Å²) >= 11 is 0. The topological polar surface area (TPSA) is 114 Å². The molecule has 0 saturated heterocycles. The van der Waals surface area contributed by atoms with E-state index >= 15 is 0 Å². The Labute approximate surface area is 232 Å². The fourth-order valence-electron chi connectivity index (χ4n) is 4.52. The third-order valence-electron chi connectivity index (χ3n) is 6.70. The average Bonchev–Trinajstić information content (AvgIpc) is 2.92. The summed E-state index contributed by atoms with van der Waals surface area (Å²) in [6.07, 6.45) is -4.90. The van der Waals surface area contributed by atoms with Gasteiger partial charge in [-0.1, -0.05) is 30.3 Å². The Hall–Kier alpha value is -4.22. The van der Waals surface area contributed by atoms with E-state index in [0.717, 1.165) is 11.6 Å². The molecule has 11 heteroatoms. The SMILES string of the molecule is CC(Cc1ccc(CC(=O)NCc2cc(C(F)(F)F)ccc2F)cc1)NC[C@H](O)c1ccc(O)c2[nH]c(=O)ccc12. The molecular formula is C30H29F4N3O4. The lowest BCUT2D eigenvalue weighted by molar-refractivity contribution is -0.137. The summed E-state index contributed by atoms with van der Waals surface area (Å²) in [6, 6.07) is 15.2. The first kappa shape index (κ1) is 29.8. The lowest BCUT2D eigenvalue weighted by atomic mass is 10.0. The fraction of sp³-hybridized carbons (Fsp3) is 0.267. The van der Waals surface area contributed by atoms with Gasteiger partial charge in [0.15, 0.2) is 0 Å². The molecule has 0 fully saturated rings. The quantitative estimate of drug-likeness (QED) is 0.180. The number of pyridine rings is 1. The van der Waals surface area contributed by atoms with Gasteiger partial charge in [0.1, 0.15) is 11.6 Å². The molecule has 1 aromatic heterocycles. The Morgan fingerprint density at radius 3 is 2.41 bits per heavy atom. The summed E-state index contributed by atoms with van der Waals surface area (Å²) < 4.78 is 52.5. The predicted molar refractivity (Wildman–Crippen MR) is 146 cm³/mol. The lowest BCUT2D eigenvalue weighted by Crippen LogP contribution is -2.32. The van der Waals surface area contributed by atoms with Crippen LogP contribution in [0.15, 0.2) is 71.5 Å². The van der Waals surface area contributed by atoms with E-state index in [1.54, 1.807) is 24.3 Å². The van der Waals surface area contributed by atoms with E-state index in [1.165, 1.54) is 12.1 Å². The second kappa shape index (κ2) is 12.5. The van der Waals surface area contributed by atoms with Crippen molar-refractivity contribution in [1.82, 2.24) is 15.6 Å². The maximum atomic E-state index is 13.9. The van der Waals surface area contributed by atoms with E-state index < -0.39 is 29.6 Å². The van der Waals surface area contributed by atoms with Crippen LogP contribution in [0.3, 0.4) is 0 Å². The van der Waals surface area contributed by atoms with Gasteiger partial charge in [0.2, 0.25) is 11.5 Å². The molecule has 2 atom stereocenters. The van der Waals surface area contributed by atoms with Crippen molar-refractivity contribution in [2.75, 3.05) is 6.54 Å². The van der Waals surface area contributed by atoms with Crippen LogP contribution in [0, 0.1) is 5.82 Å². The van der Waals surface area contributed by atoms with Gasteiger partial charge in [-0.3, -0.25) is 9.59 Å². The third kappa shape index (κ3) is 7.71.